The molecule has 1 aliphatic carbocycles. The molecule has 0 aliphatic heterocycles. The number of rotatable bonds is 5. The van der Waals surface area contributed by atoms with Crippen molar-refractivity contribution in [2.24, 2.45) is 0 Å². The van der Waals surface area contributed by atoms with Gasteiger partial charge in [0.05, 0.1) is 5.52 Å². The molecule has 0 amide bonds. The molecule has 1 N–H and O–H groups in total. The maximum Gasteiger partial charge on any atom is 0.137 e. The predicted molar refractivity (Wildman–Crippen MR) is 104 cm³/mol. The molecule has 1 aromatic heterocycles. The average Bonchev–Trinajstić information content (AvgIpc) is 2.69. The van der Waals surface area contributed by atoms with E-state index < -0.39 is 0 Å². The highest BCUT2D eigenvalue weighted by Crippen LogP contribution is 2.32. The highest BCUT2D eigenvalue weighted by molar-refractivity contribution is 5.88. The number of nitrogens with one attached hydrogen (secondary N) is 1. The number of nitrogens with zero attached hydrogens (tertiary/aromatic N) is 2. The first-order valence-electron chi connectivity index (χ1n) is 9.42. The largest absolute Gasteiger partial charge is 0.369 e. The summed E-state index contributed by atoms with van der Waals surface area (Å²) in [4.78, 5) is 8.70. The summed E-state index contributed by atoms with van der Waals surface area (Å²) in [6, 6.07) is 17.4. The molecule has 2 aromatic carbocycles. The SMILES string of the molecule is c1ccc2c(NCCc3ccc(C4CCCCC4)cc3)ncnc2c1. The van der Waals surface area contributed by atoms with Gasteiger partial charge in [-0.25, -0.2) is 9.97 Å². The van der Waals surface area contributed by atoms with Crippen molar-refractivity contribution < 1.29 is 0 Å². The van der Waals surface area contributed by atoms with Crippen molar-refractivity contribution in [3.63, 3.8) is 0 Å². The summed E-state index contributed by atoms with van der Waals surface area (Å²) < 4.78 is 0. The van der Waals surface area contributed by atoms with Crippen LogP contribution in [0.5, 0.6) is 0 Å². The second-order valence-corrected chi connectivity index (χ2v) is 6.99. The number of para-hydroxylation sites is 1. The summed E-state index contributed by atoms with van der Waals surface area (Å²) in [6.45, 7) is 0.879. The highest BCUT2D eigenvalue weighted by Gasteiger charge is 2.14. The first kappa shape index (κ1) is 16.1. The second kappa shape index (κ2) is 7.64. The molecule has 0 saturated heterocycles. The Bertz CT molecular complexity index is 815. The smallest absolute Gasteiger partial charge is 0.137 e. The van der Waals surface area contributed by atoms with Crippen LogP contribution in [-0.4, -0.2) is 16.5 Å². The van der Waals surface area contributed by atoms with Crippen LogP contribution in [0.15, 0.2) is 54.9 Å². The lowest BCUT2D eigenvalue weighted by Gasteiger charge is -2.22. The number of aromatic nitrogens is 2. The fraction of sp³-hybridized carbons (Fsp3) is 0.364. The molecule has 1 fully saturated rings. The van der Waals surface area contributed by atoms with Crippen molar-refractivity contribution in [3.8, 4) is 0 Å². The van der Waals surface area contributed by atoms with Gasteiger partial charge in [0.2, 0.25) is 0 Å². The normalized spacial score (nSPS) is 15.4. The van der Waals surface area contributed by atoms with Gasteiger partial charge in [-0.2, -0.15) is 0 Å². The van der Waals surface area contributed by atoms with E-state index in [-0.39, 0.29) is 0 Å². The van der Waals surface area contributed by atoms with Crippen LogP contribution in [0.3, 0.4) is 0 Å². The maximum atomic E-state index is 4.39. The van der Waals surface area contributed by atoms with Crippen LogP contribution in [0.4, 0.5) is 5.82 Å². The van der Waals surface area contributed by atoms with E-state index in [9.17, 15) is 0 Å². The summed E-state index contributed by atoms with van der Waals surface area (Å²) in [6.07, 6.45) is 9.56. The number of hydrogen-bond acceptors (Lipinski definition) is 3. The lowest BCUT2D eigenvalue weighted by Crippen LogP contribution is -2.08. The number of fused-ring (bicyclic) bond motifs is 1. The fourth-order valence-corrected chi connectivity index (χ4v) is 3.86. The Hall–Kier alpha value is -2.42. The lowest BCUT2D eigenvalue weighted by molar-refractivity contribution is 0.443. The Morgan fingerprint density at radius 3 is 2.52 bits per heavy atom. The zero-order valence-corrected chi connectivity index (χ0v) is 14.6. The van der Waals surface area contributed by atoms with Gasteiger partial charge in [-0.05, 0) is 48.4 Å². The van der Waals surface area contributed by atoms with Gasteiger partial charge in [-0.1, -0.05) is 55.7 Å². The van der Waals surface area contributed by atoms with Crippen LogP contribution in [0.25, 0.3) is 10.9 Å². The molecular weight excluding hydrogens is 306 g/mol. The fourth-order valence-electron chi connectivity index (χ4n) is 3.86. The minimum atomic E-state index is 0.785. The first-order valence-corrected chi connectivity index (χ1v) is 9.42. The molecule has 0 atom stereocenters. The summed E-state index contributed by atoms with van der Waals surface area (Å²) in [7, 11) is 0. The Balaban J connectivity index is 1.36. The quantitative estimate of drug-likeness (QED) is 0.686. The Labute approximate surface area is 149 Å². The van der Waals surface area contributed by atoms with E-state index in [1.807, 2.05) is 18.2 Å². The molecule has 0 bridgehead atoms. The highest BCUT2D eigenvalue weighted by atomic mass is 15.0. The zero-order chi connectivity index (χ0) is 16.9. The Morgan fingerprint density at radius 1 is 0.880 bits per heavy atom. The molecule has 3 nitrogen and oxygen atoms in total. The van der Waals surface area contributed by atoms with Crippen LogP contribution < -0.4 is 5.32 Å². The van der Waals surface area contributed by atoms with E-state index in [1.54, 1.807) is 6.33 Å². The third kappa shape index (κ3) is 3.81. The summed E-state index contributed by atoms with van der Waals surface area (Å²) >= 11 is 0. The van der Waals surface area contributed by atoms with Crippen LogP contribution in [0, 0.1) is 0 Å². The van der Waals surface area contributed by atoms with Crippen LogP contribution >= 0.6 is 0 Å². The van der Waals surface area contributed by atoms with E-state index >= 15 is 0 Å². The third-order valence-electron chi connectivity index (χ3n) is 5.31. The monoisotopic (exact) mass is 331 g/mol. The molecule has 0 spiro atoms. The summed E-state index contributed by atoms with van der Waals surface area (Å²) in [5.41, 5.74) is 3.89. The molecule has 1 aliphatic rings. The summed E-state index contributed by atoms with van der Waals surface area (Å²) in [5, 5.41) is 4.54. The van der Waals surface area contributed by atoms with Gasteiger partial charge in [0.25, 0.3) is 0 Å². The second-order valence-electron chi connectivity index (χ2n) is 6.99. The lowest BCUT2D eigenvalue weighted by atomic mass is 9.84. The van der Waals surface area contributed by atoms with Gasteiger partial charge in [-0.3, -0.25) is 0 Å². The maximum absolute atomic E-state index is 4.39. The first-order chi connectivity index (χ1) is 12.4. The predicted octanol–water partition coefficient (Wildman–Crippen LogP) is 5.33. The van der Waals surface area contributed by atoms with Crippen molar-refractivity contribution in [3.05, 3.63) is 66.0 Å². The number of benzene rings is 2. The Morgan fingerprint density at radius 2 is 1.68 bits per heavy atom. The molecule has 0 radical (unpaired) electrons. The molecule has 1 saturated carbocycles. The zero-order valence-electron chi connectivity index (χ0n) is 14.6. The van der Waals surface area contributed by atoms with Crippen molar-refractivity contribution in [1.82, 2.24) is 9.97 Å². The van der Waals surface area contributed by atoms with Crippen molar-refractivity contribution in [2.45, 2.75) is 44.4 Å². The van der Waals surface area contributed by atoms with Gasteiger partial charge in [-0.15, -0.1) is 0 Å². The number of hydrogen-bond donors (Lipinski definition) is 1. The molecule has 1 heterocycles. The van der Waals surface area contributed by atoms with Crippen molar-refractivity contribution in [2.75, 3.05) is 11.9 Å². The van der Waals surface area contributed by atoms with Crippen LogP contribution in [-0.2, 0) is 6.42 Å². The number of anilines is 1. The van der Waals surface area contributed by atoms with E-state index in [0.29, 0.717) is 0 Å². The van der Waals surface area contributed by atoms with E-state index in [1.165, 1.54) is 43.2 Å². The minimum Gasteiger partial charge on any atom is -0.369 e. The topological polar surface area (TPSA) is 37.8 Å². The average molecular weight is 331 g/mol. The van der Waals surface area contributed by atoms with E-state index in [4.69, 9.17) is 0 Å². The van der Waals surface area contributed by atoms with E-state index in [2.05, 4.69) is 45.6 Å². The minimum absolute atomic E-state index is 0.785. The Kier molecular flexibility index (Phi) is 4.91. The summed E-state index contributed by atoms with van der Waals surface area (Å²) in [5.74, 6) is 1.71. The van der Waals surface area contributed by atoms with Gasteiger partial charge in [0.1, 0.15) is 12.1 Å². The molecule has 3 heteroatoms. The standard InChI is InChI=1S/C22H25N3/c1-2-6-18(7-3-1)19-12-10-17(11-13-19)14-15-23-22-20-8-4-5-9-21(20)24-16-25-22/h4-5,8-13,16,18H,1-3,6-7,14-15H2,(H,23,24,25). The molecule has 3 aromatic rings. The van der Waals surface area contributed by atoms with Crippen LogP contribution in [0.1, 0.15) is 49.1 Å². The van der Waals surface area contributed by atoms with Crippen molar-refractivity contribution >= 4 is 16.7 Å². The molecule has 25 heavy (non-hydrogen) atoms. The molecule has 128 valence electrons. The van der Waals surface area contributed by atoms with Crippen molar-refractivity contribution in [1.29, 1.82) is 0 Å². The molecule has 4 rings (SSSR count). The van der Waals surface area contributed by atoms with E-state index in [0.717, 1.165) is 35.6 Å². The van der Waals surface area contributed by atoms with Gasteiger partial charge in [0, 0.05) is 11.9 Å². The van der Waals surface area contributed by atoms with Gasteiger partial charge < -0.3 is 5.32 Å². The molecular formula is C22H25N3. The van der Waals surface area contributed by atoms with Crippen LogP contribution in [0.2, 0.25) is 0 Å². The van der Waals surface area contributed by atoms with Gasteiger partial charge in [0.15, 0.2) is 0 Å². The third-order valence-corrected chi connectivity index (χ3v) is 5.31. The van der Waals surface area contributed by atoms with Gasteiger partial charge >= 0.3 is 0 Å². The molecule has 0 unspecified atom stereocenters.